The van der Waals surface area contributed by atoms with E-state index in [0.29, 0.717) is 6.16 Å². The van der Waals surface area contributed by atoms with Crippen LogP contribution < -0.4 is 22.1 Å². The molecule has 8 N–H and O–H groups in total. The minimum Gasteiger partial charge on any atom is -0.842 e. The molecule has 4 nitrogen and oxygen atoms in total. The first kappa shape index (κ1) is 16.1. The Morgan fingerprint density at radius 3 is 1.78 bits per heavy atom. The molecule has 0 aromatic rings. The van der Waals surface area contributed by atoms with Crippen molar-refractivity contribution in [2.75, 3.05) is 6.16 Å². The van der Waals surface area contributed by atoms with E-state index in [4.69, 9.17) is 0 Å². The lowest BCUT2D eigenvalue weighted by atomic mass is 10.4. The van der Waals surface area contributed by atoms with Crippen molar-refractivity contribution in [1.82, 2.24) is 12.3 Å². The van der Waals surface area contributed by atoms with Crippen molar-refractivity contribution >= 4 is 8.38 Å². The molecule has 60 valence electrons. The minimum atomic E-state index is -2.11. The monoisotopic (exact) mass is 156 g/mol. The van der Waals surface area contributed by atoms with E-state index in [-0.39, 0.29) is 12.3 Å². The van der Waals surface area contributed by atoms with E-state index in [0.717, 1.165) is 12.8 Å². The third kappa shape index (κ3) is 17.8. The van der Waals surface area contributed by atoms with Gasteiger partial charge in [0, 0.05) is 0 Å². The lowest BCUT2D eigenvalue weighted by Gasteiger charge is -2.30. The minimum absolute atomic E-state index is 0. The van der Waals surface area contributed by atoms with Crippen LogP contribution in [0.4, 0.5) is 0 Å². The molecule has 0 aliphatic rings. The van der Waals surface area contributed by atoms with E-state index in [2.05, 4.69) is 0 Å². The van der Waals surface area contributed by atoms with Crippen molar-refractivity contribution in [3.05, 3.63) is 0 Å². The van der Waals surface area contributed by atoms with Gasteiger partial charge in [-0.3, -0.25) is 0 Å². The first-order valence-corrected chi connectivity index (χ1v) is 3.75. The summed E-state index contributed by atoms with van der Waals surface area (Å²) in [4.78, 5) is 19.6. The molecule has 0 radical (unpaired) electrons. The van der Waals surface area contributed by atoms with Gasteiger partial charge in [0.1, 0.15) is 0 Å². The molecule has 0 heterocycles. The van der Waals surface area contributed by atoms with Crippen molar-refractivity contribution in [1.29, 1.82) is 0 Å². The first-order valence-electron chi connectivity index (χ1n) is 2.39. The summed E-state index contributed by atoms with van der Waals surface area (Å²) < 4.78 is 0. The first-order chi connectivity index (χ1) is 3.27. The van der Waals surface area contributed by atoms with Crippen molar-refractivity contribution in [2.24, 2.45) is 0 Å². The van der Waals surface area contributed by atoms with Gasteiger partial charge in [0.15, 0.2) is 0 Å². The maximum atomic E-state index is 9.80. The van der Waals surface area contributed by atoms with Crippen LogP contribution in [-0.4, -0.2) is 6.16 Å². The molecule has 0 aliphatic heterocycles. The highest BCUT2D eigenvalue weighted by molar-refractivity contribution is 7.41. The van der Waals surface area contributed by atoms with Gasteiger partial charge < -0.3 is 30.5 Å². The second-order valence-electron chi connectivity index (χ2n) is 1.41. The van der Waals surface area contributed by atoms with Gasteiger partial charge in [-0.15, -0.1) is 0 Å². The molecule has 0 saturated heterocycles. The fraction of sp³-hybridized carbons (Fsp3) is 1.00. The van der Waals surface area contributed by atoms with E-state index in [1.807, 2.05) is 6.92 Å². The summed E-state index contributed by atoms with van der Waals surface area (Å²) >= 11 is 0. The Bertz CT molecular complexity index is 45.5. The van der Waals surface area contributed by atoms with Crippen LogP contribution >= 0.6 is 8.38 Å². The third-order valence-electron chi connectivity index (χ3n) is 0.694. The summed E-state index contributed by atoms with van der Waals surface area (Å²) in [5.41, 5.74) is 0. The molecule has 0 atom stereocenters. The highest BCUT2D eigenvalue weighted by Crippen LogP contribution is 2.12. The summed E-state index contributed by atoms with van der Waals surface area (Å²) in [6, 6.07) is 0. The van der Waals surface area contributed by atoms with Crippen LogP contribution in [0.25, 0.3) is 0 Å². The van der Waals surface area contributed by atoms with Gasteiger partial charge in [-0.1, -0.05) is 25.9 Å². The largest absolute Gasteiger partial charge is 0.842 e. The molecule has 0 saturated carbocycles. The van der Waals surface area contributed by atoms with Crippen LogP contribution in [0.5, 0.6) is 0 Å². The second kappa shape index (κ2) is 11.1. The van der Waals surface area contributed by atoms with Crippen LogP contribution in [0, 0.1) is 0 Å². The zero-order valence-electron chi connectivity index (χ0n) is 6.39. The molecule has 9 heavy (non-hydrogen) atoms. The Hall–Kier alpha value is 0.270. The smallest absolute Gasteiger partial charge is 0.0519 e. The molecule has 0 amide bonds. The molecule has 0 bridgehead atoms. The van der Waals surface area contributed by atoms with Gasteiger partial charge in [0.25, 0.3) is 0 Å². The van der Waals surface area contributed by atoms with Gasteiger partial charge in [-0.05, 0) is 0 Å². The Balaban J connectivity index is -0.000000180. The molecular weight excluding hydrogens is 139 g/mol. The fourth-order valence-corrected chi connectivity index (χ4v) is 0.862. The zero-order chi connectivity index (χ0) is 5.70. The van der Waals surface area contributed by atoms with E-state index in [1.54, 1.807) is 0 Å². The maximum absolute atomic E-state index is 9.80. The highest BCUT2D eigenvalue weighted by Gasteiger charge is 1.74. The summed E-state index contributed by atoms with van der Waals surface area (Å²) in [5.74, 6) is 0. The predicted molar refractivity (Wildman–Crippen MR) is 38.7 cm³/mol. The molecule has 0 aromatic heterocycles. The molecule has 5 heteroatoms. The van der Waals surface area contributed by atoms with Crippen molar-refractivity contribution < 1.29 is 9.79 Å². The third-order valence-corrected chi connectivity index (χ3v) is 1.38. The van der Waals surface area contributed by atoms with E-state index in [1.165, 1.54) is 0 Å². The molecule has 0 aromatic carbocycles. The number of quaternary nitrogens is 2. The van der Waals surface area contributed by atoms with Gasteiger partial charge in [0.05, 0.1) is 0 Å². The maximum Gasteiger partial charge on any atom is -0.0519 e. The zero-order valence-corrected chi connectivity index (χ0v) is 7.28. The Morgan fingerprint density at radius 1 is 1.22 bits per heavy atom. The molecule has 0 aliphatic carbocycles. The number of hydrogen-bond acceptors (Lipinski definition) is 2. The number of rotatable bonds is 3. The molecule has 0 spiro atoms. The van der Waals surface area contributed by atoms with E-state index >= 15 is 0 Å². The average Bonchev–Trinajstić information content (AvgIpc) is 1.61. The van der Waals surface area contributed by atoms with Crippen LogP contribution in [0.2, 0.25) is 0 Å². The summed E-state index contributed by atoms with van der Waals surface area (Å²) in [7, 11) is -2.11. The van der Waals surface area contributed by atoms with Gasteiger partial charge in [-0.25, -0.2) is 0 Å². The average molecular weight is 156 g/mol. The summed E-state index contributed by atoms with van der Waals surface area (Å²) in [5, 5.41) is 0. The van der Waals surface area contributed by atoms with E-state index in [9.17, 15) is 9.79 Å². The van der Waals surface area contributed by atoms with Crippen molar-refractivity contribution in [3.63, 3.8) is 0 Å². The molecular formula is C4H17N2O2P. The Kier molecular flexibility index (Phi) is 19.9. The second-order valence-corrected chi connectivity index (χ2v) is 2.52. The standard InChI is InChI=1S/C4H9O2P.2H3N/c1-2-3-4-7(5)6;;/h2-4H2,1H3;2*1H3/q-2;;/p+2. The van der Waals surface area contributed by atoms with Gasteiger partial charge in [0.2, 0.25) is 0 Å². The lowest BCUT2D eigenvalue weighted by Crippen LogP contribution is -2.10. The van der Waals surface area contributed by atoms with Gasteiger partial charge in [-0.2, -0.15) is 0 Å². The quantitative estimate of drug-likeness (QED) is 0.580. The van der Waals surface area contributed by atoms with Crippen LogP contribution in [-0.2, 0) is 0 Å². The fourth-order valence-electron chi connectivity index (χ4n) is 0.287. The topological polar surface area (TPSA) is 119 Å². The van der Waals surface area contributed by atoms with Gasteiger partial charge >= 0.3 is 0 Å². The number of hydrogen-bond donors (Lipinski definition) is 2. The molecule has 0 rings (SSSR count). The SMILES string of the molecule is CCCCP([O-])[O-].[NH4+].[NH4+]. The van der Waals surface area contributed by atoms with Crippen LogP contribution in [0.3, 0.4) is 0 Å². The Morgan fingerprint density at radius 2 is 1.67 bits per heavy atom. The molecule has 0 fully saturated rings. The van der Waals surface area contributed by atoms with Crippen molar-refractivity contribution in [2.45, 2.75) is 19.8 Å². The normalized spacial score (nSPS) is 8.00. The summed E-state index contributed by atoms with van der Waals surface area (Å²) in [6.07, 6.45) is 2.12. The highest BCUT2D eigenvalue weighted by atomic mass is 31.2. The summed E-state index contributed by atoms with van der Waals surface area (Å²) in [6.45, 7) is 1.97. The number of unbranched alkanes of at least 4 members (excludes halogenated alkanes) is 1. The van der Waals surface area contributed by atoms with Crippen LogP contribution in [0.1, 0.15) is 19.8 Å². The molecule has 0 unspecified atom stereocenters. The van der Waals surface area contributed by atoms with Crippen molar-refractivity contribution in [3.8, 4) is 0 Å². The van der Waals surface area contributed by atoms with Crippen LogP contribution in [0.15, 0.2) is 0 Å². The Labute approximate surface area is 57.4 Å². The predicted octanol–water partition coefficient (Wildman–Crippen LogP) is 0.571. The lowest BCUT2D eigenvalue weighted by molar-refractivity contribution is -0.292. The van der Waals surface area contributed by atoms with E-state index < -0.39 is 8.38 Å².